The standard InChI is InChI=1S/C25H25FN4O2S/c1-14(2)23-22(16-5-7-18(26)8-6-16)19-11-17(13-27)21(28)12-20(19)24(29-23)30-33(4,31)25-15(3)9-10-32-25/h5-14,27H,28H2,1-4H3. The van der Waals surface area contributed by atoms with Gasteiger partial charge in [0.2, 0.25) is 5.09 Å². The second-order valence-electron chi connectivity index (χ2n) is 8.31. The van der Waals surface area contributed by atoms with E-state index in [1.807, 2.05) is 20.8 Å². The molecule has 0 radical (unpaired) electrons. The van der Waals surface area contributed by atoms with Gasteiger partial charge in [-0.1, -0.05) is 26.0 Å². The fourth-order valence-corrected chi connectivity index (χ4v) is 5.33. The van der Waals surface area contributed by atoms with Gasteiger partial charge in [0.1, 0.15) is 15.5 Å². The number of aromatic nitrogens is 1. The average Bonchev–Trinajstić information content (AvgIpc) is 3.21. The average molecular weight is 465 g/mol. The van der Waals surface area contributed by atoms with E-state index in [2.05, 4.69) is 4.36 Å². The van der Waals surface area contributed by atoms with E-state index in [0.717, 1.165) is 27.8 Å². The van der Waals surface area contributed by atoms with Gasteiger partial charge in [0.15, 0.2) is 5.82 Å². The van der Waals surface area contributed by atoms with Crippen LogP contribution in [0.1, 0.15) is 36.6 Å². The maximum atomic E-state index is 13.6. The lowest BCUT2D eigenvalue weighted by Gasteiger charge is -2.18. The monoisotopic (exact) mass is 464 g/mol. The number of halogens is 1. The van der Waals surface area contributed by atoms with E-state index in [0.29, 0.717) is 21.7 Å². The molecule has 0 aliphatic heterocycles. The molecule has 2 aromatic carbocycles. The number of hydrogen-bond donors (Lipinski definition) is 2. The van der Waals surface area contributed by atoms with Crippen molar-refractivity contribution in [2.45, 2.75) is 31.8 Å². The number of benzene rings is 2. The molecule has 2 aromatic heterocycles. The molecule has 8 heteroatoms. The molecule has 33 heavy (non-hydrogen) atoms. The highest BCUT2D eigenvalue weighted by Gasteiger charge is 2.21. The van der Waals surface area contributed by atoms with Crippen LogP contribution in [0.2, 0.25) is 0 Å². The minimum atomic E-state index is -2.94. The fraction of sp³-hybridized carbons (Fsp3) is 0.200. The molecule has 4 aromatic rings. The van der Waals surface area contributed by atoms with Gasteiger partial charge in [-0.25, -0.2) is 13.6 Å². The summed E-state index contributed by atoms with van der Waals surface area (Å²) in [6.45, 7) is 5.81. The lowest BCUT2D eigenvalue weighted by molar-refractivity contribution is 0.460. The van der Waals surface area contributed by atoms with Crippen LogP contribution in [0.25, 0.3) is 21.9 Å². The van der Waals surface area contributed by atoms with Gasteiger partial charge in [0.05, 0.1) is 12.0 Å². The Balaban J connectivity index is 2.15. The lowest BCUT2D eigenvalue weighted by Crippen LogP contribution is -2.03. The molecule has 1 unspecified atom stereocenters. The summed E-state index contributed by atoms with van der Waals surface area (Å²) < 4.78 is 37.2. The predicted molar refractivity (Wildman–Crippen MR) is 131 cm³/mol. The molecule has 0 fully saturated rings. The Hall–Kier alpha value is -3.52. The first kappa shape index (κ1) is 22.7. The smallest absolute Gasteiger partial charge is 0.201 e. The zero-order chi connectivity index (χ0) is 23.9. The molecule has 0 saturated carbocycles. The molecule has 0 bridgehead atoms. The van der Waals surface area contributed by atoms with Crippen LogP contribution in [-0.2, 0) is 9.73 Å². The van der Waals surface area contributed by atoms with E-state index in [-0.39, 0.29) is 17.6 Å². The predicted octanol–water partition coefficient (Wildman–Crippen LogP) is 6.43. The molecule has 170 valence electrons. The number of furan rings is 1. The number of nitrogen functional groups attached to an aromatic ring is 1. The van der Waals surface area contributed by atoms with Crippen molar-refractivity contribution < 1.29 is 13.0 Å². The number of pyridine rings is 1. The molecular weight excluding hydrogens is 439 g/mol. The van der Waals surface area contributed by atoms with Crippen molar-refractivity contribution in [3.05, 3.63) is 71.4 Å². The van der Waals surface area contributed by atoms with Crippen LogP contribution in [0.3, 0.4) is 0 Å². The third kappa shape index (κ3) is 4.14. The van der Waals surface area contributed by atoms with Crippen molar-refractivity contribution in [2.24, 2.45) is 4.36 Å². The highest BCUT2D eigenvalue weighted by molar-refractivity contribution is 7.93. The lowest BCUT2D eigenvalue weighted by atomic mass is 9.91. The Morgan fingerprint density at radius 3 is 2.45 bits per heavy atom. The van der Waals surface area contributed by atoms with Crippen molar-refractivity contribution >= 4 is 38.2 Å². The summed E-state index contributed by atoms with van der Waals surface area (Å²) in [5, 5.41) is 9.41. The van der Waals surface area contributed by atoms with Gasteiger partial charge in [-0.05, 0) is 54.1 Å². The van der Waals surface area contributed by atoms with E-state index in [4.69, 9.17) is 20.5 Å². The molecule has 0 amide bonds. The molecule has 0 spiro atoms. The van der Waals surface area contributed by atoms with Crippen LogP contribution < -0.4 is 5.73 Å². The molecular formula is C25H25FN4O2S. The van der Waals surface area contributed by atoms with Crippen LogP contribution in [-0.4, -0.2) is 21.7 Å². The highest BCUT2D eigenvalue weighted by Crippen LogP contribution is 2.41. The SMILES string of the molecule is Cc1ccoc1S(C)(=O)=Nc1nc(C(C)C)c(-c2ccc(F)cc2)c2cc(C=N)c(N)cc12. The normalized spacial score (nSPS) is 13.3. The summed E-state index contributed by atoms with van der Waals surface area (Å²) >= 11 is 0. The molecule has 2 heterocycles. The highest BCUT2D eigenvalue weighted by atomic mass is 32.2. The zero-order valence-corrected chi connectivity index (χ0v) is 19.7. The van der Waals surface area contributed by atoms with Crippen LogP contribution in [0, 0.1) is 18.2 Å². The Labute approximate surface area is 192 Å². The third-order valence-electron chi connectivity index (χ3n) is 5.47. The summed E-state index contributed by atoms with van der Waals surface area (Å²) in [5.41, 5.74) is 10.2. The molecule has 0 saturated heterocycles. The summed E-state index contributed by atoms with van der Waals surface area (Å²) in [6, 6.07) is 11.4. The van der Waals surface area contributed by atoms with E-state index in [1.54, 1.807) is 30.3 Å². The quantitative estimate of drug-likeness (QED) is 0.262. The van der Waals surface area contributed by atoms with E-state index >= 15 is 0 Å². The van der Waals surface area contributed by atoms with Crippen LogP contribution >= 0.6 is 0 Å². The maximum absolute atomic E-state index is 13.6. The van der Waals surface area contributed by atoms with Crippen LogP contribution in [0.5, 0.6) is 0 Å². The van der Waals surface area contributed by atoms with Crippen molar-refractivity contribution in [3.63, 3.8) is 0 Å². The first-order chi connectivity index (χ1) is 15.6. The Morgan fingerprint density at radius 1 is 1.18 bits per heavy atom. The first-order valence-corrected chi connectivity index (χ1v) is 12.3. The number of fused-ring (bicyclic) bond motifs is 1. The van der Waals surface area contributed by atoms with Crippen LogP contribution in [0.15, 0.2) is 62.6 Å². The summed E-state index contributed by atoms with van der Waals surface area (Å²) in [4.78, 5) is 4.83. The molecule has 0 aliphatic rings. The zero-order valence-electron chi connectivity index (χ0n) is 18.8. The minimum Gasteiger partial charge on any atom is -0.454 e. The van der Waals surface area contributed by atoms with Crippen molar-refractivity contribution in [2.75, 3.05) is 12.0 Å². The number of nitrogens with one attached hydrogen (secondary N) is 1. The molecule has 3 N–H and O–H groups in total. The number of aryl methyl sites for hydroxylation is 1. The summed E-state index contributed by atoms with van der Waals surface area (Å²) in [7, 11) is -2.94. The van der Waals surface area contributed by atoms with E-state index < -0.39 is 9.73 Å². The first-order valence-electron chi connectivity index (χ1n) is 10.4. The van der Waals surface area contributed by atoms with Crippen molar-refractivity contribution in [3.8, 4) is 11.1 Å². The summed E-state index contributed by atoms with van der Waals surface area (Å²) in [5.74, 6) is -0.0635. The van der Waals surface area contributed by atoms with Gasteiger partial charge in [-0.2, -0.15) is 4.36 Å². The number of nitrogens with two attached hydrogens (primary N) is 1. The van der Waals surface area contributed by atoms with E-state index in [9.17, 15) is 8.60 Å². The Bertz CT molecular complexity index is 1500. The second-order valence-corrected chi connectivity index (χ2v) is 10.5. The number of hydrogen-bond acceptors (Lipinski definition) is 6. The van der Waals surface area contributed by atoms with E-state index in [1.165, 1.54) is 30.9 Å². The van der Waals surface area contributed by atoms with Gasteiger partial charge >= 0.3 is 0 Å². The fourth-order valence-electron chi connectivity index (χ4n) is 3.88. The van der Waals surface area contributed by atoms with Gasteiger partial charge < -0.3 is 15.6 Å². The molecule has 1 atom stereocenters. The molecule has 0 aliphatic carbocycles. The van der Waals surface area contributed by atoms with Gasteiger partial charge in [-0.15, -0.1) is 0 Å². The molecule has 4 rings (SSSR count). The summed E-state index contributed by atoms with van der Waals surface area (Å²) in [6.07, 6.45) is 4.19. The number of nitrogens with zero attached hydrogens (tertiary/aromatic N) is 2. The topological polar surface area (TPSA) is 105 Å². The Kier molecular flexibility index (Phi) is 5.80. The Morgan fingerprint density at radius 2 is 1.88 bits per heavy atom. The second kappa shape index (κ2) is 8.44. The van der Waals surface area contributed by atoms with Crippen LogP contribution in [0.4, 0.5) is 15.9 Å². The van der Waals surface area contributed by atoms with Crippen molar-refractivity contribution in [1.29, 1.82) is 5.41 Å². The molecule has 6 nitrogen and oxygen atoms in total. The van der Waals surface area contributed by atoms with Gasteiger partial charge in [-0.3, -0.25) is 0 Å². The number of rotatable bonds is 5. The van der Waals surface area contributed by atoms with Gasteiger partial charge in [0.25, 0.3) is 0 Å². The largest absolute Gasteiger partial charge is 0.454 e. The number of anilines is 1. The minimum absolute atomic E-state index is 0.0114. The maximum Gasteiger partial charge on any atom is 0.201 e. The van der Waals surface area contributed by atoms with Gasteiger partial charge in [0, 0.05) is 40.2 Å². The van der Waals surface area contributed by atoms with Crippen molar-refractivity contribution in [1.82, 2.24) is 4.98 Å². The third-order valence-corrected chi connectivity index (χ3v) is 7.10.